The molecule has 0 spiro atoms. The van der Waals surface area contributed by atoms with Crippen molar-refractivity contribution in [2.24, 2.45) is 4.99 Å². The first-order valence-electron chi connectivity index (χ1n) is 10.4. The van der Waals surface area contributed by atoms with E-state index in [1.807, 2.05) is 13.0 Å². The summed E-state index contributed by atoms with van der Waals surface area (Å²) in [6.07, 6.45) is 4.62. The van der Waals surface area contributed by atoms with E-state index in [0.717, 1.165) is 12.6 Å². The molecule has 0 saturated heterocycles. The number of halogens is 2. The Kier molecular flexibility index (Phi) is 8.08. The van der Waals surface area contributed by atoms with Gasteiger partial charge in [-0.25, -0.2) is 13.8 Å². The van der Waals surface area contributed by atoms with Crippen LogP contribution in [0.15, 0.2) is 71.5 Å². The molecule has 31 heavy (non-hydrogen) atoms. The molecule has 166 valence electrons. The number of carbonyl (C=O) groups excluding carboxylic acids is 1. The molecule has 1 unspecified atom stereocenters. The second kappa shape index (κ2) is 10.3. The smallest absolute Gasteiger partial charge is 0.252 e. The highest BCUT2D eigenvalue weighted by atomic mass is 19.3. The van der Waals surface area contributed by atoms with Crippen LogP contribution in [0, 0.1) is 0 Å². The number of nitrogens with one attached hydrogen (secondary N) is 2. The Morgan fingerprint density at radius 1 is 1.39 bits per heavy atom. The van der Waals surface area contributed by atoms with Gasteiger partial charge in [0.05, 0.1) is 17.1 Å². The van der Waals surface area contributed by atoms with Crippen molar-refractivity contribution in [2.45, 2.75) is 52.4 Å². The van der Waals surface area contributed by atoms with E-state index in [2.05, 4.69) is 28.8 Å². The number of aliphatic imine (C=N–C) groups is 1. The van der Waals surface area contributed by atoms with Gasteiger partial charge in [-0.1, -0.05) is 44.4 Å². The molecule has 2 N–H and O–H groups in total. The predicted molar refractivity (Wildman–Crippen MR) is 124 cm³/mol. The molecule has 1 aliphatic heterocycles. The maximum absolute atomic E-state index is 14.0. The molecule has 1 aromatic rings. The second-order valence-electron chi connectivity index (χ2n) is 7.70. The molecule has 1 aliphatic rings. The average molecular weight is 428 g/mol. The van der Waals surface area contributed by atoms with Crippen LogP contribution >= 0.6 is 0 Å². The lowest BCUT2D eigenvalue weighted by Gasteiger charge is -2.23. The number of hydrogen-bond acceptors (Lipinski definition) is 3. The Bertz CT molecular complexity index is 952. The highest BCUT2D eigenvalue weighted by Crippen LogP contribution is 2.36. The highest BCUT2D eigenvalue weighted by Gasteiger charge is 2.33. The molecule has 1 amide bonds. The summed E-state index contributed by atoms with van der Waals surface area (Å²) in [6, 6.07) is 6.98. The van der Waals surface area contributed by atoms with E-state index in [9.17, 15) is 13.6 Å². The third-order valence-electron chi connectivity index (χ3n) is 5.29. The molecule has 0 bridgehead atoms. The molecule has 1 atom stereocenters. The van der Waals surface area contributed by atoms with Crippen molar-refractivity contribution in [3.63, 3.8) is 0 Å². The van der Waals surface area contributed by atoms with E-state index in [4.69, 9.17) is 0 Å². The van der Waals surface area contributed by atoms with E-state index in [1.165, 1.54) is 0 Å². The lowest BCUT2D eigenvalue weighted by atomic mass is 9.90. The van der Waals surface area contributed by atoms with Crippen molar-refractivity contribution in [1.29, 1.82) is 0 Å². The Morgan fingerprint density at radius 2 is 2.10 bits per heavy atom. The average Bonchev–Trinajstić information content (AvgIpc) is 2.70. The van der Waals surface area contributed by atoms with Crippen molar-refractivity contribution >= 4 is 17.3 Å². The summed E-state index contributed by atoms with van der Waals surface area (Å²) < 4.78 is 28.0. The lowest BCUT2D eigenvalue weighted by molar-refractivity contribution is -0.117. The summed E-state index contributed by atoms with van der Waals surface area (Å²) in [5.74, 6) is -3.79. The third kappa shape index (κ3) is 6.23. The normalized spacial score (nSPS) is 16.3. The van der Waals surface area contributed by atoms with Gasteiger partial charge in [-0.15, -0.1) is 0 Å². The van der Waals surface area contributed by atoms with Crippen LogP contribution < -0.4 is 10.6 Å². The maximum atomic E-state index is 14.0. The molecule has 0 radical (unpaired) electrons. The van der Waals surface area contributed by atoms with Crippen LogP contribution in [0.2, 0.25) is 0 Å². The summed E-state index contributed by atoms with van der Waals surface area (Å²) in [6.45, 7) is 15.0. The molecular formula is C25H31F2N3O. The van der Waals surface area contributed by atoms with Crippen molar-refractivity contribution in [3.05, 3.63) is 77.7 Å². The zero-order valence-electron chi connectivity index (χ0n) is 18.7. The van der Waals surface area contributed by atoms with Gasteiger partial charge >= 0.3 is 0 Å². The van der Waals surface area contributed by atoms with Gasteiger partial charge in [0.15, 0.2) is 0 Å². The largest absolute Gasteiger partial charge is 0.357 e. The summed E-state index contributed by atoms with van der Waals surface area (Å²) in [5.41, 5.74) is 4.17. The summed E-state index contributed by atoms with van der Waals surface area (Å²) >= 11 is 0. The van der Waals surface area contributed by atoms with E-state index >= 15 is 0 Å². The van der Waals surface area contributed by atoms with Gasteiger partial charge in [0.2, 0.25) is 5.91 Å². The minimum absolute atomic E-state index is 0.106. The Morgan fingerprint density at radius 3 is 2.71 bits per heavy atom. The monoisotopic (exact) mass is 427 g/mol. The van der Waals surface area contributed by atoms with Gasteiger partial charge in [0.25, 0.3) is 5.92 Å². The Balaban J connectivity index is 2.31. The van der Waals surface area contributed by atoms with E-state index in [1.54, 1.807) is 44.2 Å². The van der Waals surface area contributed by atoms with Crippen LogP contribution in [0.1, 0.15) is 57.6 Å². The topological polar surface area (TPSA) is 53.5 Å². The van der Waals surface area contributed by atoms with Crippen LogP contribution in [0.5, 0.6) is 0 Å². The Hall–Kier alpha value is -3.02. The van der Waals surface area contributed by atoms with Crippen molar-refractivity contribution in [3.8, 4) is 0 Å². The standard InChI is InChI=1S/C25H31F2N3O/c1-7-10-23(18(5)30-22-13-14-28-24(31)16(22)3)29-17(4)19-11-9-12-20(15-19)21(8-2)25(6,26)27/h7,9-12,15,21,30H,4-5,8,13-14H2,1-3,6H3,(H,28,31)/b10-7-,29-23?. The molecule has 6 heteroatoms. The number of rotatable bonds is 9. The maximum Gasteiger partial charge on any atom is 0.252 e. The molecule has 1 aromatic carbocycles. The van der Waals surface area contributed by atoms with Gasteiger partial charge in [-0.3, -0.25) is 4.79 Å². The minimum atomic E-state index is -2.82. The van der Waals surface area contributed by atoms with Crippen molar-refractivity contribution < 1.29 is 13.6 Å². The number of hydrogen-bond donors (Lipinski definition) is 2. The fourth-order valence-corrected chi connectivity index (χ4v) is 3.56. The molecule has 0 fully saturated rings. The van der Waals surface area contributed by atoms with E-state index in [-0.39, 0.29) is 5.91 Å². The predicted octanol–water partition coefficient (Wildman–Crippen LogP) is 5.72. The SMILES string of the molecule is C=C(NC1=C(C)C(=O)NCC1)C(/C=C\C)=NC(=C)c1cccc(C(CC)C(C)(F)F)c1. The van der Waals surface area contributed by atoms with Crippen molar-refractivity contribution in [1.82, 2.24) is 10.6 Å². The van der Waals surface area contributed by atoms with Crippen LogP contribution in [0.3, 0.4) is 0 Å². The lowest BCUT2D eigenvalue weighted by Crippen LogP contribution is -2.35. The highest BCUT2D eigenvalue weighted by molar-refractivity contribution is 6.10. The van der Waals surface area contributed by atoms with Gasteiger partial charge in [0, 0.05) is 30.2 Å². The quantitative estimate of drug-likeness (QED) is 0.495. The number of nitrogens with zero attached hydrogens (tertiary/aromatic N) is 1. The molecule has 0 aliphatic carbocycles. The fraction of sp³-hybridized carbons (Fsp3) is 0.360. The van der Waals surface area contributed by atoms with Gasteiger partial charge < -0.3 is 10.6 Å². The van der Waals surface area contributed by atoms with Crippen LogP contribution in [0.25, 0.3) is 5.70 Å². The molecule has 0 saturated carbocycles. The van der Waals surface area contributed by atoms with Crippen molar-refractivity contribution in [2.75, 3.05) is 6.54 Å². The first-order chi connectivity index (χ1) is 14.6. The first-order valence-corrected chi connectivity index (χ1v) is 10.4. The number of alkyl halides is 2. The van der Waals surface area contributed by atoms with Gasteiger partial charge in [-0.2, -0.15) is 0 Å². The molecule has 2 rings (SSSR count). The second-order valence-corrected chi connectivity index (χ2v) is 7.70. The third-order valence-corrected chi connectivity index (χ3v) is 5.29. The van der Waals surface area contributed by atoms with Crippen LogP contribution in [-0.2, 0) is 4.79 Å². The van der Waals surface area contributed by atoms with Crippen LogP contribution in [-0.4, -0.2) is 24.1 Å². The zero-order valence-corrected chi connectivity index (χ0v) is 18.7. The van der Waals surface area contributed by atoms with Crippen LogP contribution in [0.4, 0.5) is 8.78 Å². The number of amides is 1. The number of benzene rings is 1. The van der Waals surface area contributed by atoms with Gasteiger partial charge in [-0.05, 0) is 50.5 Å². The molecule has 0 aromatic heterocycles. The van der Waals surface area contributed by atoms with E-state index in [0.29, 0.717) is 53.2 Å². The Labute approximate surface area is 183 Å². The molecule has 4 nitrogen and oxygen atoms in total. The first kappa shape index (κ1) is 24.3. The fourth-order valence-electron chi connectivity index (χ4n) is 3.56. The number of allylic oxidation sites excluding steroid dienone is 2. The number of carbonyl (C=O) groups is 1. The zero-order chi connectivity index (χ0) is 23.2. The molecular weight excluding hydrogens is 396 g/mol. The molecule has 1 heterocycles. The summed E-state index contributed by atoms with van der Waals surface area (Å²) in [7, 11) is 0. The van der Waals surface area contributed by atoms with E-state index < -0.39 is 11.8 Å². The summed E-state index contributed by atoms with van der Waals surface area (Å²) in [4.78, 5) is 16.5. The van der Waals surface area contributed by atoms with Gasteiger partial charge in [0.1, 0.15) is 0 Å². The summed E-state index contributed by atoms with van der Waals surface area (Å²) in [5, 5.41) is 6.00. The minimum Gasteiger partial charge on any atom is -0.357 e.